The molecule has 6 nitrogen and oxygen atoms in total. The number of carbonyl (C=O) groups is 1. The molecular weight excluding hydrogens is 304 g/mol. The van der Waals surface area contributed by atoms with Gasteiger partial charge in [0.2, 0.25) is 0 Å². The van der Waals surface area contributed by atoms with Gasteiger partial charge < -0.3 is 10.4 Å². The number of hydrogen-bond acceptors (Lipinski definition) is 3. The average Bonchev–Trinajstić information content (AvgIpc) is 2.86. The van der Waals surface area contributed by atoms with Crippen LogP contribution in [0.25, 0.3) is 16.9 Å². The number of nitrogens with zero attached hydrogens (tertiary/aromatic N) is 3. The summed E-state index contributed by atoms with van der Waals surface area (Å²) in [5.41, 5.74) is 2.12. The molecule has 3 rings (SSSR count). The van der Waals surface area contributed by atoms with Crippen molar-refractivity contribution in [1.29, 1.82) is 0 Å². The number of imidazole rings is 1. The molecule has 1 amide bonds. The van der Waals surface area contributed by atoms with Crippen molar-refractivity contribution < 1.29 is 9.90 Å². The molecule has 0 saturated heterocycles. The summed E-state index contributed by atoms with van der Waals surface area (Å²) in [6, 6.07) is 10.4. The Morgan fingerprint density at radius 2 is 2.18 bits per heavy atom. The summed E-state index contributed by atoms with van der Waals surface area (Å²) in [4.78, 5) is 19.8. The highest BCUT2D eigenvalue weighted by Gasteiger charge is 2.20. The normalized spacial score (nSPS) is 12.3. The first-order valence-electron chi connectivity index (χ1n) is 6.65. The van der Waals surface area contributed by atoms with E-state index in [1.54, 1.807) is 31.3 Å². The Morgan fingerprint density at radius 3 is 2.91 bits per heavy atom. The first-order chi connectivity index (χ1) is 10.6. The van der Waals surface area contributed by atoms with E-state index < -0.39 is 12.1 Å². The molecule has 0 saturated carbocycles. The standard InChI is InChI=1S/C15H13ClN4O2/c1-9(18-15(21)22)13-19-12-6-3-7-17-14(12)20(13)11-5-2-4-10(16)8-11/h2-9,18H,1H3,(H,21,22)/t9-/m0/s1. The van der Waals surface area contributed by atoms with Crippen molar-refractivity contribution in [2.24, 2.45) is 0 Å². The van der Waals surface area contributed by atoms with Gasteiger partial charge in [-0.05, 0) is 37.3 Å². The van der Waals surface area contributed by atoms with E-state index in [1.807, 2.05) is 22.8 Å². The molecule has 22 heavy (non-hydrogen) atoms. The molecule has 2 N–H and O–H groups in total. The van der Waals surface area contributed by atoms with Gasteiger partial charge in [0, 0.05) is 11.2 Å². The summed E-state index contributed by atoms with van der Waals surface area (Å²) in [6.45, 7) is 1.73. The third-order valence-electron chi connectivity index (χ3n) is 3.24. The monoisotopic (exact) mass is 316 g/mol. The predicted octanol–water partition coefficient (Wildman–Crippen LogP) is 3.40. The van der Waals surface area contributed by atoms with Gasteiger partial charge in [0.15, 0.2) is 5.65 Å². The van der Waals surface area contributed by atoms with Gasteiger partial charge in [-0.2, -0.15) is 0 Å². The Kier molecular flexibility index (Phi) is 3.68. The lowest BCUT2D eigenvalue weighted by Crippen LogP contribution is -2.26. The van der Waals surface area contributed by atoms with E-state index in [-0.39, 0.29) is 0 Å². The van der Waals surface area contributed by atoms with Crippen LogP contribution in [0, 0.1) is 0 Å². The van der Waals surface area contributed by atoms with Crippen molar-refractivity contribution in [1.82, 2.24) is 19.9 Å². The quantitative estimate of drug-likeness (QED) is 0.776. The molecule has 112 valence electrons. The molecule has 0 unspecified atom stereocenters. The van der Waals surface area contributed by atoms with Gasteiger partial charge in [-0.1, -0.05) is 17.7 Å². The van der Waals surface area contributed by atoms with Gasteiger partial charge in [0.05, 0.1) is 11.7 Å². The Hall–Kier alpha value is -2.60. The number of halogens is 1. The molecule has 0 fully saturated rings. The van der Waals surface area contributed by atoms with Crippen molar-refractivity contribution in [2.75, 3.05) is 0 Å². The lowest BCUT2D eigenvalue weighted by Gasteiger charge is -2.14. The first-order valence-corrected chi connectivity index (χ1v) is 7.03. The van der Waals surface area contributed by atoms with Crippen molar-refractivity contribution in [2.45, 2.75) is 13.0 Å². The van der Waals surface area contributed by atoms with E-state index in [4.69, 9.17) is 16.7 Å². The summed E-state index contributed by atoms with van der Waals surface area (Å²) in [6.07, 6.45) is 0.564. The third kappa shape index (κ3) is 2.60. The lowest BCUT2D eigenvalue weighted by atomic mass is 10.2. The number of aromatic nitrogens is 3. The second-order valence-electron chi connectivity index (χ2n) is 4.80. The van der Waals surface area contributed by atoms with Crippen LogP contribution in [0.5, 0.6) is 0 Å². The fourth-order valence-electron chi connectivity index (χ4n) is 2.34. The largest absolute Gasteiger partial charge is 0.465 e. The Bertz CT molecular complexity index is 846. The maximum Gasteiger partial charge on any atom is 0.405 e. The molecule has 2 heterocycles. The molecule has 0 aliphatic carbocycles. The molecular formula is C15H13ClN4O2. The zero-order chi connectivity index (χ0) is 15.7. The minimum absolute atomic E-state index is 0.495. The van der Waals surface area contributed by atoms with E-state index in [2.05, 4.69) is 15.3 Å². The number of amides is 1. The van der Waals surface area contributed by atoms with Crippen molar-refractivity contribution in [3.8, 4) is 5.69 Å². The predicted molar refractivity (Wildman–Crippen MR) is 83.5 cm³/mol. The third-order valence-corrected chi connectivity index (χ3v) is 3.47. The molecule has 0 aliphatic rings. The van der Waals surface area contributed by atoms with E-state index in [9.17, 15) is 4.79 Å². The highest BCUT2D eigenvalue weighted by Crippen LogP contribution is 2.25. The molecule has 3 aromatic rings. The Balaban J connectivity index is 2.23. The number of pyridine rings is 1. The van der Waals surface area contributed by atoms with E-state index in [0.717, 1.165) is 5.69 Å². The maximum absolute atomic E-state index is 10.9. The Labute approximate surface area is 131 Å². The zero-order valence-corrected chi connectivity index (χ0v) is 12.4. The number of rotatable bonds is 3. The highest BCUT2D eigenvalue weighted by atomic mass is 35.5. The minimum Gasteiger partial charge on any atom is -0.465 e. The molecule has 1 aromatic carbocycles. The molecule has 2 aromatic heterocycles. The summed E-state index contributed by atoms with van der Waals surface area (Å²) < 4.78 is 1.81. The smallest absolute Gasteiger partial charge is 0.405 e. The fraction of sp³-hybridized carbons (Fsp3) is 0.133. The van der Waals surface area contributed by atoms with Crippen LogP contribution in [0.3, 0.4) is 0 Å². The van der Waals surface area contributed by atoms with Crippen molar-refractivity contribution in [3.05, 3.63) is 53.4 Å². The number of nitrogens with one attached hydrogen (secondary N) is 1. The Morgan fingerprint density at radius 1 is 1.36 bits per heavy atom. The van der Waals surface area contributed by atoms with E-state index in [1.165, 1.54) is 0 Å². The highest BCUT2D eigenvalue weighted by molar-refractivity contribution is 6.30. The summed E-state index contributed by atoms with van der Waals surface area (Å²) >= 11 is 6.07. The summed E-state index contributed by atoms with van der Waals surface area (Å²) in [5, 5.41) is 11.9. The second kappa shape index (κ2) is 5.65. The second-order valence-corrected chi connectivity index (χ2v) is 5.24. The SMILES string of the molecule is C[C@H](NC(=O)O)c1nc2cccnc2n1-c1cccc(Cl)c1. The average molecular weight is 317 g/mol. The maximum atomic E-state index is 10.9. The van der Waals surface area contributed by atoms with Crippen LogP contribution < -0.4 is 5.32 Å². The number of carboxylic acid groups (broad SMARTS) is 1. The lowest BCUT2D eigenvalue weighted by molar-refractivity contribution is 0.190. The van der Waals surface area contributed by atoms with Crippen LogP contribution in [-0.2, 0) is 0 Å². The molecule has 0 radical (unpaired) electrons. The van der Waals surface area contributed by atoms with Crippen molar-refractivity contribution >= 4 is 28.9 Å². The summed E-state index contributed by atoms with van der Waals surface area (Å²) in [5.74, 6) is 0.554. The van der Waals surface area contributed by atoms with Crippen molar-refractivity contribution in [3.63, 3.8) is 0 Å². The number of hydrogen-bond donors (Lipinski definition) is 2. The van der Waals surface area contributed by atoms with Crippen LogP contribution in [0.15, 0.2) is 42.6 Å². The number of benzene rings is 1. The topological polar surface area (TPSA) is 80.0 Å². The van der Waals surface area contributed by atoms with Crippen LogP contribution in [0.1, 0.15) is 18.8 Å². The fourth-order valence-corrected chi connectivity index (χ4v) is 2.52. The van der Waals surface area contributed by atoms with Gasteiger partial charge in [0.1, 0.15) is 11.3 Å². The van der Waals surface area contributed by atoms with Crippen LogP contribution >= 0.6 is 11.6 Å². The van der Waals surface area contributed by atoms with Crippen LogP contribution in [-0.4, -0.2) is 25.7 Å². The molecule has 0 aliphatic heterocycles. The van der Waals surface area contributed by atoms with Crippen LogP contribution in [0.4, 0.5) is 4.79 Å². The van der Waals surface area contributed by atoms with E-state index in [0.29, 0.717) is 22.0 Å². The molecule has 1 atom stereocenters. The van der Waals surface area contributed by atoms with Gasteiger partial charge in [-0.25, -0.2) is 14.8 Å². The minimum atomic E-state index is -1.11. The molecule has 0 spiro atoms. The molecule has 7 heteroatoms. The van der Waals surface area contributed by atoms with Crippen LogP contribution in [0.2, 0.25) is 5.02 Å². The van der Waals surface area contributed by atoms with E-state index >= 15 is 0 Å². The van der Waals surface area contributed by atoms with Gasteiger partial charge >= 0.3 is 6.09 Å². The van der Waals surface area contributed by atoms with Gasteiger partial charge in [-0.15, -0.1) is 0 Å². The van der Waals surface area contributed by atoms with Gasteiger partial charge in [-0.3, -0.25) is 4.57 Å². The first kappa shape index (κ1) is 14.3. The number of fused-ring (bicyclic) bond motifs is 1. The zero-order valence-electron chi connectivity index (χ0n) is 11.7. The van der Waals surface area contributed by atoms with Gasteiger partial charge in [0.25, 0.3) is 0 Å². The molecule has 0 bridgehead atoms. The summed E-state index contributed by atoms with van der Waals surface area (Å²) in [7, 11) is 0.